The number of benzene rings is 2. The molecule has 0 saturated carbocycles. The number of hydrogen-bond acceptors (Lipinski definition) is 6. The average molecular weight is 360 g/mol. The minimum absolute atomic E-state index is 0.0118. The van der Waals surface area contributed by atoms with Gasteiger partial charge in [0.2, 0.25) is 0 Å². The second-order valence-electron chi connectivity index (χ2n) is 5.66. The number of para-hydroxylation sites is 1. The summed E-state index contributed by atoms with van der Waals surface area (Å²) in [6.45, 7) is 2.36. The van der Waals surface area contributed by atoms with Crippen LogP contribution in [0.3, 0.4) is 0 Å². The zero-order valence-electron chi connectivity index (χ0n) is 14.5. The quantitative estimate of drug-likeness (QED) is 0.539. The maximum absolute atomic E-state index is 10.8. The zero-order chi connectivity index (χ0) is 19.4. The van der Waals surface area contributed by atoms with E-state index >= 15 is 0 Å². The fourth-order valence-corrected chi connectivity index (χ4v) is 2.77. The summed E-state index contributed by atoms with van der Waals surface area (Å²) in [6, 6.07) is 17.2. The molecule has 0 amide bonds. The van der Waals surface area contributed by atoms with Gasteiger partial charge in [-0.25, -0.2) is 4.98 Å². The molecular weight excluding hydrogens is 344 g/mol. The fraction of sp³-hybridized carbons (Fsp3) is 0.100. The van der Waals surface area contributed by atoms with E-state index in [4.69, 9.17) is 10.5 Å². The minimum Gasteiger partial charge on any atom is -0.493 e. The molecule has 0 aliphatic heterocycles. The van der Waals surface area contributed by atoms with Crippen LogP contribution >= 0.6 is 0 Å². The molecule has 0 atom stereocenters. The Hall–Kier alpha value is -3.92. The smallest absolute Gasteiger partial charge is 0.269 e. The maximum Gasteiger partial charge on any atom is 0.269 e. The number of nitrogens with zero attached hydrogens (tertiary/aromatic N) is 3. The van der Waals surface area contributed by atoms with Crippen LogP contribution in [0.25, 0.3) is 22.4 Å². The molecule has 0 bridgehead atoms. The Balaban J connectivity index is 2.18. The van der Waals surface area contributed by atoms with Crippen molar-refractivity contribution in [2.75, 3.05) is 12.3 Å². The van der Waals surface area contributed by atoms with Gasteiger partial charge in [-0.2, -0.15) is 5.26 Å². The van der Waals surface area contributed by atoms with Gasteiger partial charge in [0.25, 0.3) is 5.69 Å². The third kappa shape index (κ3) is 3.55. The molecule has 0 fully saturated rings. The monoisotopic (exact) mass is 360 g/mol. The number of nitro groups is 1. The van der Waals surface area contributed by atoms with Crippen molar-refractivity contribution in [2.24, 2.45) is 0 Å². The van der Waals surface area contributed by atoms with Crippen LogP contribution in [-0.4, -0.2) is 16.5 Å². The van der Waals surface area contributed by atoms with Gasteiger partial charge in [-0.15, -0.1) is 0 Å². The van der Waals surface area contributed by atoms with Crippen molar-refractivity contribution in [3.05, 3.63) is 70.3 Å². The molecule has 1 heterocycles. The van der Waals surface area contributed by atoms with E-state index in [0.717, 1.165) is 5.56 Å². The van der Waals surface area contributed by atoms with Gasteiger partial charge in [0.15, 0.2) is 0 Å². The highest BCUT2D eigenvalue weighted by molar-refractivity contribution is 5.83. The first-order chi connectivity index (χ1) is 13.0. The van der Waals surface area contributed by atoms with Crippen LogP contribution in [0.4, 0.5) is 11.5 Å². The number of anilines is 1. The van der Waals surface area contributed by atoms with Crippen molar-refractivity contribution in [1.29, 1.82) is 5.26 Å². The maximum atomic E-state index is 10.8. The SMILES string of the molecule is CCOc1ccccc1-c1cc(-c2ccc([N+](=O)[O-])cc2)nc(N)c1C#N. The summed E-state index contributed by atoms with van der Waals surface area (Å²) in [4.78, 5) is 14.7. The predicted molar refractivity (Wildman–Crippen MR) is 102 cm³/mol. The third-order valence-electron chi connectivity index (χ3n) is 4.01. The van der Waals surface area contributed by atoms with Crippen LogP contribution in [0.5, 0.6) is 5.75 Å². The lowest BCUT2D eigenvalue weighted by atomic mass is 9.97. The number of non-ortho nitro benzene ring substituents is 1. The van der Waals surface area contributed by atoms with Gasteiger partial charge < -0.3 is 10.5 Å². The van der Waals surface area contributed by atoms with Crippen LogP contribution in [0.2, 0.25) is 0 Å². The minimum atomic E-state index is -0.464. The molecule has 7 heteroatoms. The Morgan fingerprint density at radius 2 is 1.89 bits per heavy atom. The highest BCUT2D eigenvalue weighted by Crippen LogP contribution is 2.36. The standard InChI is InChI=1S/C20H16N4O3/c1-2-27-19-6-4-3-5-15(19)16-11-18(23-20(22)17(16)12-21)13-7-9-14(10-8-13)24(25)26/h3-11H,2H2,1H3,(H2,22,23). The number of hydrogen-bond donors (Lipinski definition) is 1. The number of pyridine rings is 1. The lowest BCUT2D eigenvalue weighted by Crippen LogP contribution is -2.01. The molecule has 0 saturated heterocycles. The number of nitrogens with two attached hydrogens (primary N) is 1. The van der Waals surface area contributed by atoms with E-state index in [-0.39, 0.29) is 17.1 Å². The van der Waals surface area contributed by atoms with Crippen LogP contribution < -0.4 is 10.5 Å². The number of nitriles is 1. The van der Waals surface area contributed by atoms with E-state index in [0.29, 0.717) is 29.2 Å². The van der Waals surface area contributed by atoms with Gasteiger partial charge in [-0.3, -0.25) is 10.1 Å². The summed E-state index contributed by atoms with van der Waals surface area (Å²) >= 11 is 0. The number of ether oxygens (including phenoxy) is 1. The largest absolute Gasteiger partial charge is 0.493 e. The lowest BCUT2D eigenvalue weighted by Gasteiger charge is -2.14. The van der Waals surface area contributed by atoms with Gasteiger partial charge in [-0.1, -0.05) is 18.2 Å². The first-order valence-electron chi connectivity index (χ1n) is 8.22. The molecule has 7 nitrogen and oxygen atoms in total. The first kappa shape index (κ1) is 17.9. The van der Waals surface area contributed by atoms with Crippen LogP contribution in [0.1, 0.15) is 12.5 Å². The molecule has 1 aromatic heterocycles. The van der Waals surface area contributed by atoms with Gasteiger partial charge in [0.05, 0.1) is 17.2 Å². The highest BCUT2D eigenvalue weighted by atomic mass is 16.6. The molecule has 134 valence electrons. The van der Waals surface area contributed by atoms with Crippen molar-refractivity contribution < 1.29 is 9.66 Å². The lowest BCUT2D eigenvalue weighted by molar-refractivity contribution is -0.384. The van der Waals surface area contributed by atoms with Crippen LogP contribution in [0, 0.1) is 21.4 Å². The molecule has 3 rings (SSSR count). The zero-order valence-corrected chi connectivity index (χ0v) is 14.5. The molecule has 2 aromatic carbocycles. The van der Waals surface area contributed by atoms with Crippen LogP contribution in [-0.2, 0) is 0 Å². The molecule has 0 unspecified atom stereocenters. The third-order valence-corrected chi connectivity index (χ3v) is 4.01. The van der Waals surface area contributed by atoms with Gasteiger partial charge >= 0.3 is 0 Å². The number of rotatable bonds is 5. The Labute approximate surface area is 155 Å². The van der Waals surface area contributed by atoms with Crippen molar-refractivity contribution in [3.8, 4) is 34.2 Å². The Kier molecular flexibility index (Phi) is 4.99. The van der Waals surface area contributed by atoms with E-state index in [2.05, 4.69) is 11.1 Å². The Bertz CT molecular complexity index is 1040. The van der Waals surface area contributed by atoms with E-state index in [1.165, 1.54) is 12.1 Å². The second-order valence-corrected chi connectivity index (χ2v) is 5.66. The topological polar surface area (TPSA) is 115 Å². The van der Waals surface area contributed by atoms with Gasteiger partial charge in [0.1, 0.15) is 23.2 Å². The highest BCUT2D eigenvalue weighted by Gasteiger charge is 2.17. The molecule has 3 aromatic rings. The van der Waals surface area contributed by atoms with E-state index in [1.54, 1.807) is 18.2 Å². The summed E-state index contributed by atoms with van der Waals surface area (Å²) in [5.74, 6) is 0.728. The summed E-state index contributed by atoms with van der Waals surface area (Å²) in [5.41, 5.74) is 8.78. The number of aromatic nitrogens is 1. The first-order valence-corrected chi connectivity index (χ1v) is 8.22. The molecule has 0 radical (unpaired) electrons. The Morgan fingerprint density at radius 3 is 2.52 bits per heavy atom. The van der Waals surface area contributed by atoms with Gasteiger partial charge in [0, 0.05) is 28.8 Å². The second kappa shape index (κ2) is 7.54. The van der Waals surface area contributed by atoms with E-state index in [1.807, 2.05) is 31.2 Å². The van der Waals surface area contributed by atoms with Crippen molar-refractivity contribution in [1.82, 2.24) is 4.98 Å². The Morgan fingerprint density at radius 1 is 1.19 bits per heavy atom. The molecular formula is C20H16N4O3. The summed E-state index contributed by atoms with van der Waals surface area (Å²) in [7, 11) is 0. The average Bonchev–Trinajstić information content (AvgIpc) is 2.68. The summed E-state index contributed by atoms with van der Waals surface area (Å²) in [5, 5.41) is 20.4. The molecule has 0 aliphatic carbocycles. The fourth-order valence-electron chi connectivity index (χ4n) is 2.77. The predicted octanol–water partition coefficient (Wildman–Crippen LogP) is 4.18. The summed E-state index contributed by atoms with van der Waals surface area (Å²) < 4.78 is 5.67. The normalized spacial score (nSPS) is 10.2. The van der Waals surface area contributed by atoms with Crippen molar-refractivity contribution in [3.63, 3.8) is 0 Å². The van der Waals surface area contributed by atoms with Gasteiger partial charge in [-0.05, 0) is 31.2 Å². The summed E-state index contributed by atoms with van der Waals surface area (Å²) in [6.07, 6.45) is 0. The molecule has 0 spiro atoms. The van der Waals surface area contributed by atoms with Crippen molar-refractivity contribution in [2.45, 2.75) is 6.92 Å². The van der Waals surface area contributed by atoms with Crippen molar-refractivity contribution >= 4 is 11.5 Å². The van der Waals surface area contributed by atoms with E-state index in [9.17, 15) is 15.4 Å². The van der Waals surface area contributed by atoms with E-state index < -0.39 is 4.92 Å². The number of nitro benzene ring substituents is 1. The molecule has 2 N–H and O–H groups in total. The van der Waals surface area contributed by atoms with Crippen LogP contribution in [0.15, 0.2) is 54.6 Å². The molecule has 27 heavy (non-hydrogen) atoms. The molecule has 0 aliphatic rings. The number of nitrogen functional groups attached to an aromatic ring is 1.